The van der Waals surface area contributed by atoms with Crippen molar-refractivity contribution in [3.8, 4) is 11.3 Å². The predicted molar refractivity (Wildman–Crippen MR) is 86.3 cm³/mol. The van der Waals surface area contributed by atoms with Crippen LogP contribution >= 0.6 is 0 Å². The van der Waals surface area contributed by atoms with E-state index in [2.05, 4.69) is 4.98 Å². The average molecular weight is 367 g/mol. The Hall–Kier alpha value is -2.68. The van der Waals surface area contributed by atoms with Gasteiger partial charge in [0.15, 0.2) is 0 Å². The van der Waals surface area contributed by atoms with E-state index in [0.29, 0.717) is 31.9 Å². The Kier molecular flexibility index (Phi) is 5.08. The first-order valence-corrected chi connectivity index (χ1v) is 7.94. The van der Waals surface area contributed by atoms with Crippen LogP contribution in [0, 0.1) is 0 Å². The first-order valence-electron chi connectivity index (χ1n) is 7.94. The van der Waals surface area contributed by atoms with Crippen molar-refractivity contribution in [3.63, 3.8) is 0 Å². The van der Waals surface area contributed by atoms with Crippen molar-refractivity contribution >= 4 is 5.91 Å². The minimum absolute atomic E-state index is 0.140. The highest BCUT2D eigenvalue weighted by molar-refractivity contribution is 5.76. The van der Waals surface area contributed by atoms with Crippen LogP contribution in [-0.2, 0) is 22.3 Å². The van der Waals surface area contributed by atoms with Gasteiger partial charge in [-0.25, -0.2) is 4.98 Å². The summed E-state index contributed by atoms with van der Waals surface area (Å²) in [6.45, 7) is 1.74. The first-order chi connectivity index (χ1) is 12.3. The molecule has 2 aromatic rings. The monoisotopic (exact) mass is 367 g/mol. The molecule has 0 N–H and O–H groups in total. The third-order valence-corrected chi connectivity index (χ3v) is 4.06. The van der Waals surface area contributed by atoms with Crippen LogP contribution in [0.2, 0.25) is 0 Å². The summed E-state index contributed by atoms with van der Waals surface area (Å²) in [6, 6.07) is 5.59. The summed E-state index contributed by atoms with van der Waals surface area (Å²) in [7, 11) is 0. The summed E-state index contributed by atoms with van der Waals surface area (Å²) in [5.41, 5.74) is -0.581. The molecule has 3 rings (SSSR count). The van der Waals surface area contributed by atoms with Crippen molar-refractivity contribution in [1.82, 2.24) is 14.5 Å². The lowest BCUT2D eigenvalue weighted by Crippen LogP contribution is -2.43. The van der Waals surface area contributed by atoms with Gasteiger partial charge in [0.05, 0.1) is 30.8 Å². The molecule has 0 aliphatic carbocycles. The lowest BCUT2D eigenvalue weighted by Gasteiger charge is -2.26. The Morgan fingerprint density at radius 2 is 1.81 bits per heavy atom. The standard InChI is InChI=1S/C17H16F3N3O3/c18-17(19,20)13-3-1-12(2-4-13)14-9-15(24)23(11-21-14)10-16(25)22-5-7-26-8-6-22/h1-4,9,11H,5-8,10H2. The van der Waals surface area contributed by atoms with E-state index in [0.717, 1.165) is 12.1 Å². The van der Waals surface area contributed by atoms with Crippen LogP contribution in [-0.4, -0.2) is 46.7 Å². The number of ether oxygens (including phenoxy) is 1. The zero-order valence-electron chi connectivity index (χ0n) is 13.7. The second-order valence-electron chi connectivity index (χ2n) is 5.81. The fraction of sp³-hybridized carbons (Fsp3) is 0.353. The number of amides is 1. The molecule has 1 aromatic carbocycles. The molecule has 0 atom stereocenters. The number of aromatic nitrogens is 2. The smallest absolute Gasteiger partial charge is 0.378 e. The third-order valence-electron chi connectivity index (χ3n) is 4.06. The Balaban J connectivity index is 1.75. The fourth-order valence-electron chi connectivity index (χ4n) is 2.59. The number of rotatable bonds is 3. The predicted octanol–water partition coefficient (Wildman–Crippen LogP) is 1.79. The van der Waals surface area contributed by atoms with Gasteiger partial charge >= 0.3 is 6.18 Å². The molecule has 26 heavy (non-hydrogen) atoms. The number of nitrogens with zero attached hydrogens (tertiary/aromatic N) is 3. The van der Waals surface area contributed by atoms with Crippen LogP contribution in [0.15, 0.2) is 41.5 Å². The fourth-order valence-corrected chi connectivity index (χ4v) is 2.59. The van der Waals surface area contributed by atoms with E-state index in [-0.39, 0.29) is 18.1 Å². The summed E-state index contributed by atoms with van der Waals surface area (Å²) in [5, 5.41) is 0. The molecular weight excluding hydrogens is 351 g/mol. The Bertz CT molecular complexity index is 841. The van der Waals surface area contributed by atoms with E-state index in [9.17, 15) is 22.8 Å². The van der Waals surface area contributed by atoms with Gasteiger partial charge in [-0.1, -0.05) is 12.1 Å². The van der Waals surface area contributed by atoms with Crippen LogP contribution < -0.4 is 5.56 Å². The third kappa shape index (κ3) is 4.10. The highest BCUT2D eigenvalue weighted by atomic mass is 19.4. The lowest BCUT2D eigenvalue weighted by molar-refractivity contribution is -0.137. The minimum atomic E-state index is -4.42. The summed E-state index contributed by atoms with van der Waals surface area (Å²) in [6.07, 6.45) is -3.19. The molecule has 0 unspecified atom stereocenters. The van der Waals surface area contributed by atoms with E-state index in [4.69, 9.17) is 4.74 Å². The summed E-state index contributed by atoms with van der Waals surface area (Å²) in [5.74, 6) is -0.209. The summed E-state index contributed by atoms with van der Waals surface area (Å²) >= 11 is 0. The molecule has 0 saturated carbocycles. The Morgan fingerprint density at radius 3 is 2.38 bits per heavy atom. The van der Waals surface area contributed by atoms with Gasteiger partial charge in [0.25, 0.3) is 5.56 Å². The number of halogens is 3. The molecule has 138 valence electrons. The topological polar surface area (TPSA) is 64.4 Å². The molecule has 1 aliphatic heterocycles. The van der Waals surface area contributed by atoms with E-state index in [1.807, 2.05) is 0 Å². The number of alkyl halides is 3. The summed E-state index contributed by atoms with van der Waals surface area (Å²) < 4.78 is 44.1. The highest BCUT2D eigenvalue weighted by Gasteiger charge is 2.30. The minimum Gasteiger partial charge on any atom is -0.378 e. The molecule has 9 heteroatoms. The Labute approximate surface area is 146 Å². The maximum absolute atomic E-state index is 12.6. The molecule has 0 spiro atoms. The Morgan fingerprint density at radius 1 is 1.15 bits per heavy atom. The van der Waals surface area contributed by atoms with Crippen LogP contribution in [0.3, 0.4) is 0 Å². The highest BCUT2D eigenvalue weighted by Crippen LogP contribution is 2.30. The first kappa shape index (κ1) is 18.1. The van der Waals surface area contributed by atoms with E-state index in [1.165, 1.54) is 29.1 Å². The van der Waals surface area contributed by atoms with Gasteiger partial charge in [0.2, 0.25) is 5.91 Å². The number of hydrogen-bond acceptors (Lipinski definition) is 4. The SMILES string of the molecule is O=C(Cn1cnc(-c2ccc(C(F)(F)F)cc2)cc1=O)N1CCOCC1. The number of hydrogen-bond donors (Lipinski definition) is 0. The van der Waals surface area contributed by atoms with Gasteiger partial charge < -0.3 is 9.64 Å². The van der Waals surface area contributed by atoms with E-state index < -0.39 is 17.3 Å². The van der Waals surface area contributed by atoms with E-state index in [1.54, 1.807) is 4.90 Å². The van der Waals surface area contributed by atoms with Crippen LogP contribution in [0.5, 0.6) is 0 Å². The van der Waals surface area contributed by atoms with Crippen molar-refractivity contribution in [1.29, 1.82) is 0 Å². The number of carbonyl (C=O) groups excluding carboxylic acids is 1. The lowest BCUT2D eigenvalue weighted by atomic mass is 10.1. The van der Waals surface area contributed by atoms with Crippen molar-refractivity contribution in [2.24, 2.45) is 0 Å². The zero-order valence-corrected chi connectivity index (χ0v) is 13.7. The normalized spacial score (nSPS) is 15.1. The molecule has 0 radical (unpaired) electrons. The van der Waals surface area contributed by atoms with Gasteiger partial charge in [-0.3, -0.25) is 14.2 Å². The summed E-state index contributed by atoms with van der Waals surface area (Å²) in [4.78, 5) is 30.1. The maximum Gasteiger partial charge on any atom is 0.416 e. The molecule has 6 nitrogen and oxygen atoms in total. The molecule has 1 saturated heterocycles. The molecule has 0 bridgehead atoms. The van der Waals surface area contributed by atoms with Crippen LogP contribution in [0.1, 0.15) is 5.56 Å². The number of benzene rings is 1. The second kappa shape index (κ2) is 7.28. The van der Waals surface area contributed by atoms with Crippen molar-refractivity contribution in [2.75, 3.05) is 26.3 Å². The molecule has 2 heterocycles. The van der Waals surface area contributed by atoms with Gasteiger partial charge in [-0.05, 0) is 12.1 Å². The number of carbonyl (C=O) groups is 1. The van der Waals surface area contributed by atoms with Crippen LogP contribution in [0.25, 0.3) is 11.3 Å². The molecule has 1 aliphatic rings. The van der Waals surface area contributed by atoms with Gasteiger partial charge in [0, 0.05) is 24.7 Å². The molecule has 1 fully saturated rings. The van der Waals surface area contributed by atoms with Crippen molar-refractivity contribution < 1.29 is 22.7 Å². The molecule has 1 aromatic heterocycles. The van der Waals surface area contributed by atoms with Gasteiger partial charge in [0.1, 0.15) is 6.54 Å². The largest absolute Gasteiger partial charge is 0.416 e. The van der Waals surface area contributed by atoms with Crippen LogP contribution in [0.4, 0.5) is 13.2 Å². The second-order valence-corrected chi connectivity index (χ2v) is 5.81. The average Bonchev–Trinajstić information content (AvgIpc) is 2.63. The molecule has 1 amide bonds. The zero-order chi connectivity index (χ0) is 18.7. The quantitative estimate of drug-likeness (QED) is 0.830. The van der Waals surface area contributed by atoms with Gasteiger partial charge in [-0.2, -0.15) is 13.2 Å². The molecular formula is C17H16F3N3O3. The van der Waals surface area contributed by atoms with Gasteiger partial charge in [-0.15, -0.1) is 0 Å². The maximum atomic E-state index is 12.6. The van der Waals surface area contributed by atoms with Crippen molar-refractivity contribution in [2.45, 2.75) is 12.7 Å². The van der Waals surface area contributed by atoms with Crippen molar-refractivity contribution in [3.05, 3.63) is 52.6 Å². The number of morpholine rings is 1. The van der Waals surface area contributed by atoms with E-state index >= 15 is 0 Å².